The molecule has 0 N–H and O–H groups in total. The molecule has 0 spiro atoms. The predicted molar refractivity (Wildman–Crippen MR) is 52.9 cm³/mol. The first-order valence-corrected chi connectivity index (χ1v) is 4.47. The number of hydrogen-bond acceptors (Lipinski definition) is 2. The van der Waals surface area contributed by atoms with Gasteiger partial charge in [0.05, 0.1) is 0 Å². The van der Waals surface area contributed by atoms with Crippen molar-refractivity contribution in [3.63, 3.8) is 0 Å². The van der Waals surface area contributed by atoms with Crippen LogP contribution in [0.4, 0.5) is 0 Å². The lowest BCUT2D eigenvalue weighted by Crippen LogP contribution is -2.08. The van der Waals surface area contributed by atoms with E-state index in [-0.39, 0.29) is 0 Å². The summed E-state index contributed by atoms with van der Waals surface area (Å²) in [5.74, 6) is 1.48. The van der Waals surface area contributed by atoms with Crippen molar-refractivity contribution in [1.29, 1.82) is 0 Å². The van der Waals surface area contributed by atoms with Gasteiger partial charge >= 0.3 is 0 Å². The Morgan fingerprint density at radius 3 is 2.58 bits per heavy atom. The topological polar surface area (TPSA) is 17.8 Å². The van der Waals surface area contributed by atoms with E-state index in [4.69, 9.17) is 12.2 Å². The van der Waals surface area contributed by atoms with E-state index in [1.807, 2.05) is 24.6 Å². The maximum atomic E-state index is 5.17. The molecule has 12 heavy (non-hydrogen) atoms. The van der Waals surface area contributed by atoms with Gasteiger partial charge in [-0.3, -0.25) is 0 Å². The quantitative estimate of drug-likeness (QED) is 0.621. The molecule has 0 fully saturated rings. The van der Waals surface area contributed by atoms with Crippen LogP contribution in [0.25, 0.3) is 0 Å². The van der Waals surface area contributed by atoms with Crippen molar-refractivity contribution in [2.75, 3.05) is 0 Å². The van der Waals surface area contributed by atoms with Crippen LogP contribution in [0.5, 0.6) is 0 Å². The number of aromatic nitrogens is 2. The summed E-state index contributed by atoms with van der Waals surface area (Å²) in [7, 11) is 1.96. The van der Waals surface area contributed by atoms with E-state index in [0.29, 0.717) is 5.92 Å². The maximum absolute atomic E-state index is 5.17. The zero-order chi connectivity index (χ0) is 9.30. The molecule has 66 valence electrons. The van der Waals surface area contributed by atoms with Gasteiger partial charge in [0.2, 0.25) is 0 Å². The molecule has 0 aromatic carbocycles. The van der Waals surface area contributed by atoms with E-state index in [9.17, 15) is 0 Å². The molecule has 0 aliphatic heterocycles. The molecule has 0 saturated carbocycles. The molecule has 0 aliphatic carbocycles. The van der Waals surface area contributed by atoms with E-state index in [1.54, 1.807) is 0 Å². The Hall–Kier alpha value is -0.700. The fourth-order valence-corrected chi connectivity index (χ4v) is 1.46. The van der Waals surface area contributed by atoms with Gasteiger partial charge in [0.1, 0.15) is 10.5 Å². The summed E-state index contributed by atoms with van der Waals surface area (Å²) >= 11 is 5.17. The summed E-state index contributed by atoms with van der Waals surface area (Å²) in [6.45, 7) is 6.22. The molecular weight excluding hydrogens is 168 g/mol. The Labute approximate surface area is 78.3 Å². The molecular formula is C9H14N2S. The second-order valence-electron chi connectivity index (χ2n) is 3.31. The third-order valence-corrected chi connectivity index (χ3v) is 2.21. The fourth-order valence-electron chi connectivity index (χ4n) is 1.19. The highest BCUT2D eigenvalue weighted by molar-refractivity contribution is 7.71. The van der Waals surface area contributed by atoms with Crippen LogP contribution in [0.3, 0.4) is 0 Å². The van der Waals surface area contributed by atoms with Crippen LogP contribution in [-0.2, 0) is 7.05 Å². The van der Waals surface area contributed by atoms with Gasteiger partial charge in [-0.15, -0.1) is 0 Å². The minimum atomic E-state index is 0.427. The Balaban J connectivity index is 3.38. The smallest absolute Gasteiger partial charge is 0.112 e. The van der Waals surface area contributed by atoms with Gasteiger partial charge in [0.15, 0.2) is 0 Å². The average Bonchev–Trinajstić information content (AvgIpc) is 1.96. The van der Waals surface area contributed by atoms with Gasteiger partial charge in [-0.1, -0.05) is 26.1 Å². The Morgan fingerprint density at radius 1 is 1.50 bits per heavy atom. The molecule has 1 rings (SSSR count). The SMILES string of the molecule is Cc1cc(=S)n(C)c(C(C)C)n1. The van der Waals surface area contributed by atoms with Crippen molar-refractivity contribution >= 4 is 12.2 Å². The van der Waals surface area contributed by atoms with E-state index in [1.165, 1.54) is 0 Å². The van der Waals surface area contributed by atoms with Crippen LogP contribution in [-0.4, -0.2) is 9.55 Å². The lowest BCUT2D eigenvalue weighted by atomic mass is 10.2. The maximum Gasteiger partial charge on any atom is 0.112 e. The Bertz CT molecular complexity index is 339. The standard InChI is InChI=1S/C9H14N2S/c1-6(2)9-10-7(3)5-8(12)11(9)4/h5-6H,1-4H3. The minimum absolute atomic E-state index is 0.427. The van der Waals surface area contributed by atoms with Crippen LogP contribution in [0.2, 0.25) is 0 Å². The van der Waals surface area contributed by atoms with Gasteiger partial charge in [0.25, 0.3) is 0 Å². The Morgan fingerprint density at radius 2 is 2.08 bits per heavy atom. The first-order valence-electron chi connectivity index (χ1n) is 4.07. The molecule has 2 nitrogen and oxygen atoms in total. The highest BCUT2D eigenvalue weighted by Gasteiger charge is 2.04. The molecule has 0 bridgehead atoms. The number of nitrogens with zero attached hydrogens (tertiary/aromatic N) is 2. The third-order valence-electron chi connectivity index (χ3n) is 1.81. The third kappa shape index (κ3) is 1.72. The monoisotopic (exact) mass is 182 g/mol. The van der Waals surface area contributed by atoms with Crippen LogP contribution in [0, 0.1) is 11.6 Å². The van der Waals surface area contributed by atoms with E-state index in [2.05, 4.69) is 18.8 Å². The molecule has 0 saturated heterocycles. The second-order valence-corrected chi connectivity index (χ2v) is 3.73. The molecule has 0 radical (unpaired) electrons. The molecule has 0 unspecified atom stereocenters. The summed E-state index contributed by atoms with van der Waals surface area (Å²) in [4.78, 5) is 4.43. The predicted octanol–water partition coefficient (Wildman–Crippen LogP) is 2.58. The summed E-state index contributed by atoms with van der Waals surface area (Å²) in [5, 5.41) is 0. The zero-order valence-corrected chi connectivity index (χ0v) is 8.77. The largest absolute Gasteiger partial charge is 0.324 e. The Kier molecular flexibility index (Phi) is 2.62. The van der Waals surface area contributed by atoms with Crippen molar-refractivity contribution in [2.24, 2.45) is 7.05 Å². The fraction of sp³-hybridized carbons (Fsp3) is 0.556. The zero-order valence-electron chi connectivity index (χ0n) is 7.96. The molecule has 0 atom stereocenters. The summed E-state index contributed by atoms with van der Waals surface area (Å²) < 4.78 is 2.82. The van der Waals surface area contributed by atoms with Gasteiger partial charge in [-0.2, -0.15) is 0 Å². The molecule has 1 aromatic heterocycles. The number of hydrogen-bond donors (Lipinski definition) is 0. The molecule has 0 aliphatic rings. The van der Waals surface area contributed by atoms with Crippen LogP contribution >= 0.6 is 12.2 Å². The molecule has 3 heteroatoms. The van der Waals surface area contributed by atoms with Crippen LogP contribution in [0.1, 0.15) is 31.3 Å². The number of aryl methyl sites for hydroxylation is 1. The normalized spacial score (nSPS) is 10.8. The van der Waals surface area contributed by atoms with Crippen LogP contribution in [0.15, 0.2) is 6.07 Å². The highest BCUT2D eigenvalue weighted by atomic mass is 32.1. The van der Waals surface area contributed by atoms with E-state index < -0.39 is 0 Å². The van der Waals surface area contributed by atoms with Gasteiger partial charge < -0.3 is 4.57 Å². The summed E-state index contributed by atoms with van der Waals surface area (Å²) in [5.41, 5.74) is 1.00. The summed E-state index contributed by atoms with van der Waals surface area (Å²) in [6.07, 6.45) is 0. The first-order chi connectivity index (χ1) is 5.52. The van der Waals surface area contributed by atoms with Crippen molar-refractivity contribution in [2.45, 2.75) is 26.7 Å². The van der Waals surface area contributed by atoms with Crippen molar-refractivity contribution in [3.05, 3.63) is 22.2 Å². The lowest BCUT2D eigenvalue weighted by molar-refractivity contribution is 0.669. The van der Waals surface area contributed by atoms with Gasteiger partial charge in [-0.25, -0.2) is 4.98 Å². The molecule has 0 amide bonds. The summed E-state index contributed by atoms with van der Waals surface area (Å²) in [6, 6.07) is 1.92. The molecule has 1 heterocycles. The lowest BCUT2D eigenvalue weighted by Gasteiger charge is -2.11. The van der Waals surface area contributed by atoms with Crippen molar-refractivity contribution < 1.29 is 0 Å². The highest BCUT2D eigenvalue weighted by Crippen LogP contribution is 2.11. The van der Waals surface area contributed by atoms with E-state index >= 15 is 0 Å². The average molecular weight is 182 g/mol. The van der Waals surface area contributed by atoms with Crippen molar-refractivity contribution in [1.82, 2.24) is 9.55 Å². The number of rotatable bonds is 1. The van der Waals surface area contributed by atoms with Crippen molar-refractivity contribution in [3.8, 4) is 0 Å². The van der Waals surface area contributed by atoms with E-state index in [0.717, 1.165) is 16.2 Å². The van der Waals surface area contributed by atoms with Gasteiger partial charge in [0, 0.05) is 18.7 Å². The minimum Gasteiger partial charge on any atom is -0.324 e. The van der Waals surface area contributed by atoms with Gasteiger partial charge in [-0.05, 0) is 13.0 Å². The van der Waals surface area contributed by atoms with Crippen LogP contribution < -0.4 is 0 Å². The molecule has 1 aromatic rings. The first kappa shape index (κ1) is 9.39. The second kappa shape index (κ2) is 3.35.